The number of hydrogen-bond acceptors (Lipinski definition) is 3. The predicted molar refractivity (Wildman–Crippen MR) is 80.5 cm³/mol. The Morgan fingerprint density at radius 1 is 1.38 bits per heavy atom. The van der Waals surface area contributed by atoms with Crippen molar-refractivity contribution in [2.24, 2.45) is 0 Å². The maximum atomic E-state index is 11.9. The molecule has 1 saturated heterocycles. The van der Waals surface area contributed by atoms with Crippen molar-refractivity contribution in [1.82, 2.24) is 9.78 Å². The van der Waals surface area contributed by atoms with Gasteiger partial charge in [0.25, 0.3) is 0 Å². The first-order chi connectivity index (χ1) is 10.2. The summed E-state index contributed by atoms with van der Waals surface area (Å²) >= 11 is 0. The Labute approximate surface area is 123 Å². The number of nitrogens with zero attached hydrogens (tertiary/aromatic N) is 2. The van der Waals surface area contributed by atoms with Crippen LogP contribution in [0.1, 0.15) is 18.0 Å². The van der Waals surface area contributed by atoms with Gasteiger partial charge in [0.2, 0.25) is 0 Å². The average Bonchev–Trinajstić information content (AvgIpc) is 3.08. The van der Waals surface area contributed by atoms with E-state index in [1.54, 1.807) is 6.20 Å². The van der Waals surface area contributed by atoms with E-state index in [9.17, 15) is 4.79 Å². The lowest BCUT2D eigenvalue weighted by Gasteiger charge is -2.08. The molecule has 6 nitrogen and oxygen atoms in total. The Balaban J connectivity index is 1.59. The molecule has 2 N–H and O–H groups in total. The molecule has 0 spiro atoms. The first-order valence-electron chi connectivity index (χ1n) is 6.97. The van der Waals surface area contributed by atoms with Crippen molar-refractivity contribution >= 4 is 17.4 Å². The second-order valence-electron chi connectivity index (χ2n) is 5.18. The van der Waals surface area contributed by atoms with Crippen LogP contribution in [0.3, 0.4) is 0 Å². The highest BCUT2D eigenvalue weighted by Gasteiger charge is 2.18. The lowest BCUT2D eigenvalue weighted by molar-refractivity contribution is 0.184. The van der Waals surface area contributed by atoms with Crippen molar-refractivity contribution in [3.63, 3.8) is 0 Å². The molecule has 1 atom stereocenters. The maximum Gasteiger partial charge on any atom is 0.323 e. The number of carbonyl (C=O) groups is 1. The highest BCUT2D eigenvalue weighted by Crippen LogP contribution is 2.19. The van der Waals surface area contributed by atoms with Crippen LogP contribution in [0.25, 0.3) is 0 Å². The minimum Gasteiger partial charge on any atom is -0.379 e. The van der Waals surface area contributed by atoms with Gasteiger partial charge in [-0.15, -0.1) is 0 Å². The average molecular weight is 286 g/mol. The molecule has 2 heterocycles. The maximum absolute atomic E-state index is 11.9. The van der Waals surface area contributed by atoms with Crippen molar-refractivity contribution in [3.05, 3.63) is 42.2 Å². The molecule has 1 aromatic heterocycles. The van der Waals surface area contributed by atoms with Gasteiger partial charge in [-0.2, -0.15) is 5.10 Å². The summed E-state index contributed by atoms with van der Waals surface area (Å²) in [5.41, 5.74) is 2.54. The van der Waals surface area contributed by atoms with Crippen LogP contribution in [0.5, 0.6) is 0 Å². The van der Waals surface area contributed by atoms with E-state index in [-0.39, 0.29) is 12.1 Å². The van der Waals surface area contributed by atoms with Gasteiger partial charge in [-0.3, -0.25) is 4.68 Å². The quantitative estimate of drug-likeness (QED) is 0.911. The standard InChI is InChI=1S/C15H18N4O2/c1-11-3-2-4-12(7-11)17-15(20)18-13-8-16-19(9-13)14-5-6-21-10-14/h2-4,7-9,14H,5-6,10H2,1H3,(H2,17,18,20)/t14-/m1/s1. The number of carbonyl (C=O) groups excluding carboxylic acids is 1. The number of rotatable bonds is 3. The highest BCUT2D eigenvalue weighted by molar-refractivity contribution is 5.99. The molecule has 2 amide bonds. The molecule has 21 heavy (non-hydrogen) atoms. The molecule has 1 aliphatic heterocycles. The van der Waals surface area contributed by atoms with Gasteiger partial charge in [0.15, 0.2) is 0 Å². The van der Waals surface area contributed by atoms with Crippen molar-refractivity contribution in [1.29, 1.82) is 0 Å². The van der Waals surface area contributed by atoms with Crippen molar-refractivity contribution in [2.45, 2.75) is 19.4 Å². The zero-order valence-corrected chi connectivity index (χ0v) is 11.9. The van der Waals surface area contributed by atoms with E-state index in [1.165, 1.54) is 0 Å². The summed E-state index contributed by atoms with van der Waals surface area (Å²) in [5.74, 6) is 0. The molecule has 6 heteroatoms. The monoisotopic (exact) mass is 286 g/mol. The smallest absolute Gasteiger partial charge is 0.323 e. The number of hydrogen-bond donors (Lipinski definition) is 2. The van der Waals surface area contributed by atoms with Crippen LogP contribution in [-0.4, -0.2) is 29.0 Å². The van der Waals surface area contributed by atoms with Crippen LogP contribution in [-0.2, 0) is 4.74 Å². The van der Waals surface area contributed by atoms with Crippen molar-refractivity contribution < 1.29 is 9.53 Å². The van der Waals surface area contributed by atoms with Crippen molar-refractivity contribution in [2.75, 3.05) is 23.8 Å². The lowest BCUT2D eigenvalue weighted by atomic mass is 10.2. The summed E-state index contributed by atoms with van der Waals surface area (Å²) in [6.07, 6.45) is 4.43. The van der Waals surface area contributed by atoms with Gasteiger partial charge < -0.3 is 15.4 Å². The van der Waals surface area contributed by atoms with Crippen LogP contribution in [0.4, 0.5) is 16.2 Å². The fourth-order valence-electron chi connectivity index (χ4n) is 2.35. The Bertz CT molecular complexity index is 632. The number of ether oxygens (including phenoxy) is 1. The van der Waals surface area contributed by atoms with Crippen LogP contribution >= 0.6 is 0 Å². The fraction of sp³-hybridized carbons (Fsp3) is 0.333. The first kappa shape index (κ1) is 13.6. The Kier molecular flexibility index (Phi) is 3.87. The van der Waals surface area contributed by atoms with Gasteiger partial charge in [-0.05, 0) is 31.0 Å². The highest BCUT2D eigenvalue weighted by atomic mass is 16.5. The molecular formula is C15H18N4O2. The second-order valence-corrected chi connectivity index (χ2v) is 5.18. The largest absolute Gasteiger partial charge is 0.379 e. The third-order valence-corrected chi connectivity index (χ3v) is 3.42. The molecule has 1 aromatic carbocycles. The fourth-order valence-corrected chi connectivity index (χ4v) is 2.35. The number of aryl methyl sites for hydroxylation is 1. The van der Waals surface area contributed by atoms with E-state index in [2.05, 4.69) is 15.7 Å². The van der Waals surface area contributed by atoms with Gasteiger partial charge in [0.1, 0.15) is 0 Å². The Hall–Kier alpha value is -2.34. The number of anilines is 2. The number of amides is 2. The Morgan fingerprint density at radius 2 is 2.24 bits per heavy atom. The molecule has 0 bridgehead atoms. The van der Waals surface area contributed by atoms with E-state index >= 15 is 0 Å². The predicted octanol–water partition coefficient (Wildman–Crippen LogP) is 2.80. The second kappa shape index (κ2) is 5.97. The number of benzene rings is 1. The van der Waals surface area contributed by atoms with Crippen LogP contribution in [0.2, 0.25) is 0 Å². The van der Waals surface area contributed by atoms with E-state index in [0.717, 1.165) is 24.3 Å². The summed E-state index contributed by atoms with van der Waals surface area (Å²) in [7, 11) is 0. The van der Waals surface area contributed by atoms with Gasteiger partial charge in [-0.1, -0.05) is 12.1 Å². The molecular weight excluding hydrogens is 268 g/mol. The van der Waals surface area contributed by atoms with E-state index in [0.29, 0.717) is 12.3 Å². The summed E-state index contributed by atoms with van der Waals surface area (Å²) in [4.78, 5) is 11.9. The van der Waals surface area contributed by atoms with Crippen LogP contribution < -0.4 is 10.6 Å². The number of aromatic nitrogens is 2. The number of urea groups is 1. The minimum atomic E-state index is -0.275. The van der Waals surface area contributed by atoms with Gasteiger partial charge >= 0.3 is 6.03 Å². The summed E-state index contributed by atoms with van der Waals surface area (Å²) in [5, 5.41) is 9.84. The first-order valence-corrected chi connectivity index (χ1v) is 6.97. The topological polar surface area (TPSA) is 68.2 Å². The zero-order chi connectivity index (χ0) is 14.7. The summed E-state index contributed by atoms with van der Waals surface area (Å²) < 4.78 is 7.17. The molecule has 0 aliphatic carbocycles. The lowest BCUT2D eigenvalue weighted by Crippen LogP contribution is -2.19. The van der Waals surface area contributed by atoms with E-state index in [4.69, 9.17) is 4.74 Å². The third-order valence-electron chi connectivity index (χ3n) is 3.42. The molecule has 110 valence electrons. The Morgan fingerprint density at radius 3 is 3.00 bits per heavy atom. The molecule has 0 radical (unpaired) electrons. The van der Waals surface area contributed by atoms with Crippen LogP contribution in [0, 0.1) is 6.92 Å². The van der Waals surface area contributed by atoms with E-state index in [1.807, 2.05) is 42.1 Å². The number of nitrogens with one attached hydrogen (secondary N) is 2. The van der Waals surface area contributed by atoms with E-state index < -0.39 is 0 Å². The zero-order valence-electron chi connectivity index (χ0n) is 11.9. The molecule has 0 saturated carbocycles. The van der Waals surface area contributed by atoms with Gasteiger partial charge in [0.05, 0.1) is 24.5 Å². The molecule has 0 unspecified atom stereocenters. The molecule has 2 aromatic rings. The van der Waals surface area contributed by atoms with Crippen molar-refractivity contribution in [3.8, 4) is 0 Å². The molecule has 1 aliphatic rings. The van der Waals surface area contributed by atoms with Crippen LogP contribution in [0.15, 0.2) is 36.7 Å². The third kappa shape index (κ3) is 3.41. The summed E-state index contributed by atoms with van der Waals surface area (Å²) in [6, 6.07) is 7.65. The SMILES string of the molecule is Cc1cccc(NC(=O)Nc2cnn([C@@H]3CCOC3)c2)c1. The minimum absolute atomic E-state index is 0.264. The summed E-state index contributed by atoms with van der Waals surface area (Å²) in [6.45, 7) is 3.43. The molecule has 1 fully saturated rings. The van der Waals surface area contributed by atoms with Gasteiger partial charge in [-0.25, -0.2) is 4.79 Å². The normalized spacial score (nSPS) is 17.7. The molecule has 3 rings (SSSR count). The van der Waals surface area contributed by atoms with Gasteiger partial charge in [0, 0.05) is 18.5 Å².